The van der Waals surface area contributed by atoms with Crippen molar-refractivity contribution >= 4 is 5.91 Å². The minimum atomic E-state index is 0.0306. The number of methoxy groups -OCH3 is 1. The van der Waals surface area contributed by atoms with Crippen molar-refractivity contribution in [3.05, 3.63) is 11.8 Å². The summed E-state index contributed by atoms with van der Waals surface area (Å²) >= 11 is 0. The van der Waals surface area contributed by atoms with Crippen molar-refractivity contribution in [2.45, 2.75) is 6.42 Å². The molecule has 1 aliphatic rings. The van der Waals surface area contributed by atoms with Gasteiger partial charge in [-0.3, -0.25) is 4.79 Å². The Kier molecular flexibility index (Phi) is 1.94. The highest BCUT2D eigenvalue weighted by Crippen LogP contribution is 2.09. The van der Waals surface area contributed by atoms with Crippen LogP contribution in [-0.2, 0) is 9.53 Å². The van der Waals surface area contributed by atoms with Crippen molar-refractivity contribution < 1.29 is 9.53 Å². The summed E-state index contributed by atoms with van der Waals surface area (Å²) in [5.41, 5.74) is 0. The lowest BCUT2D eigenvalue weighted by molar-refractivity contribution is -0.125. The first kappa shape index (κ1) is 7.12. The minimum Gasteiger partial charge on any atom is -0.501 e. The number of ether oxygens (including phenoxy) is 1. The van der Waals surface area contributed by atoms with Crippen LogP contribution in [0.1, 0.15) is 6.42 Å². The number of amides is 1. The van der Waals surface area contributed by atoms with Gasteiger partial charge in [0.1, 0.15) is 5.76 Å². The molecule has 0 saturated carbocycles. The van der Waals surface area contributed by atoms with Gasteiger partial charge in [0.2, 0.25) is 5.91 Å². The molecular weight excluding hydrogens is 130 g/mol. The maximum Gasteiger partial charge on any atom is 0.249 e. The average Bonchev–Trinajstić information content (AvgIpc) is 1.95. The van der Waals surface area contributed by atoms with Crippen LogP contribution in [0.4, 0.5) is 0 Å². The van der Waals surface area contributed by atoms with Crippen LogP contribution in [0.5, 0.6) is 0 Å². The van der Waals surface area contributed by atoms with Gasteiger partial charge in [0.05, 0.1) is 7.11 Å². The molecule has 0 aromatic carbocycles. The average molecular weight is 141 g/mol. The first-order valence-electron chi connectivity index (χ1n) is 3.23. The SMILES string of the molecule is COC1=CC(=O)N(C)CC1. The number of hydrogen-bond acceptors (Lipinski definition) is 2. The van der Waals surface area contributed by atoms with Gasteiger partial charge in [-0.25, -0.2) is 0 Å². The molecule has 3 heteroatoms. The van der Waals surface area contributed by atoms with E-state index in [1.807, 2.05) is 0 Å². The molecule has 0 aromatic rings. The highest BCUT2D eigenvalue weighted by atomic mass is 16.5. The maximum atomic E-state index is 10.9. The van der Waals surface area contributed by atoms with Crippen LogP contribution in [0, 0.1) is 0 Å². The van der Waals surface area contributed by atoms with E-state index in [2.05, 4.69) is 0 Å². The third-order valence-corrected chi connectivity index (χ3v) is 1.62. The van der Waals surface area contributed by atoms with Crippen LogP contribution in [0.25, 0.3) is 0 Å². The Bertz CT molecular complexity index is 174. The van der Waals surface area contributed by atoms with E-state index in [-0.39, 0.29) is 5.91 Å². The Morgan fingerprint density at radius 2 is 2.40 bits per heavy atom. The first-order valence-corrected chi connectivity index (χ1v) is 3.23. The Hall–Kier alpha value is -0.990. The van der Waals surface area contributed by atoms with Crippen LogP contribution < -0.4 is 0 Å². The van der Waals surface area contributed by atoms with E-state index in [9.17, 15) is 4.79 Å². The number of carbonyl (C=O) groups excluding carboxylic acids is 1. The van der Waals surface area contributed by atoms with Crippen LogP contribution >= 0.6 is 0 Å². The molecule has 0 saturated heterocycles. The lowest BCUT2D eigenvalue weighted by atomic mass is 10.2. The molecule has 0 fully saturated rings. The highest BCUT2D eigenvalue weighted by Gasteiger charge is 2.13. The van der Waals surface area contributed by atoms with Crippen molar-refractivity contribution in [1.82, 2.24) is 4.90 Å². The molecular formula is C7H11NO2. The van der Waals surface area contributed by atoms with Gasteiger partial charge >= 0.3 is 0 Å². The molecule has 0 bridgehead atoms. The Balaban J connectivity index is 2.66. The van der Waals surface area contributed by atoms with Crippen molar-refractivity contribution in [3.63, 3.8) is 0 Å². The van der Waals surface area contributed by atoms with E-state index >= 15 is 0 Å². The summed E-state index contributed by atoms with van der Waals surface area (Å²) in [6.07, 6.45) is 2.36. The van der Waals surface area contributed by atoms with Gasteiger partial charge in [-0.2, -0.15) is 0 Å². The van der Waals surface area contributed by atoms with Gasteiger partial charge in [0.15, 0.2) is 0 Å². The largest absolute Gasteiger partial charge is 0.501 e. The number of hydrogen-bond donors (Lipinski definition) is 0. The maximum absolute atomic E-state index is 10.9. The summed E-state index contributed by atoms with van der Waals surface area (Å²) < 4.78 is 4.92. The lowest BCUT2D eigenvalue weighted by Gasteiger charge is -2.20. The molecule has 0 aromatic heterocycles. The summed E-state index contributed by atoms with van der Waals surface area (Å²) in [5, 5.41) is 0. The zero-order valence-corrected chi connectivity index (χ0v) is 6.26. The van der Waals surface area contributed by atoms with E-state index in [1.54, 1.807) is 19.1 Å². The summed E-state index contributed by atoms with van der Waals surface area (Å²) in [7, 11) is 3.37. The topological polar surface area (TPSA) is 29.5 Å². The summed E-state index contributed by atoms with van der Waals surface area (Å²) in [4.78, 5) is 12.6. The van der Waals surface area contributed by atoms with Crippen LogP contribution in [0.2, 0.25) is 0 Å². The van der Waals surface area contributed by atoms with E-state index in [0.717, 1.165) is 18.7 Å². The fourth-order valence-electron chi connectivity index (χ4n) is 0.869. The van der Waals surface area contributed by atoms with Crippen molar-refractivity contribution in [1.29, 1.82) is 0 Å². The second-order valence-electron chi connectivity index (χ2n) is 2.32. The summed E-state index contributed by atoms with van der Waals surface area (Å²) in [6, 6.07) is 0. The standard InChI is InChI=1S/C7H11NO2/c1-8-4-3-6(10-2)5-7(8)9/h5H,3-4H2,1-2H3. The molecule has 0 N–H and O–H groups in total. The molecule has 3 nitrogen and oxygen atoms in total. The van der Waals surface area contributed by atoms with Gasteiger partial charge in [-0.15, -0.1) is 0 Å². The normalized spacial score (nSPS) is 18.8. The van der Waals surface area contributed by atoms with Gasteiger partial charge in [-0.1, -0.05) is 0 Å². The van der Waals surface area contributed by atoms with Gasteiger partial charge in [0.25, 0.3) is 0 Å². The molecule has 0 atom stereocenters. The van der Waals surface area contributed by atoms with Gasteiger partial charge in [-0.05, 0) is 0 Å². The second kappa shape index (κ2) is 2.73. The number of nitrogens with zero attached hydrogens (tertiary/aromatic N) is 1. The number of carbonyl (C=O) groups is 1. The number of likely N-dealkylation sites (N-methyl/N-ethyl adjacent to an activating group) is 1. The zero-order chi connectivity index (χ0) is 7.56. The molecule has 1 rings (SSSR count). The molecule has 1 aliphatic heterocycles. The predicted octanol–water partition coefficient (Wildman–Crippen LogP) is 0.379. The molecule has 10 heavy (non-hydrogen) atoms. The van der Waals surface area contributed by atoms with E-state index in [1.165, 1.54) is 6.08 Å². The highest BCUT2D eigenvalue weighted by molar-refractivity contribution is 5.88. The van der Waals surface area contributed by atoms with E-state index in [0.29, 0.717) is 0 Å². The molecule has 1 amide bonds. The number of rotatable bonds is 1. The monoisotopic (exact) mass is 141 g/mol. The second-order valence-corrected chi connectivity index (χ2v) is 2.32. The molecule has 56 valence electrons. The molecule has 0 radical (unpaired) electrons. The van der Waals surface area contributed by atoms with Crippen LogP contribution in [-0.4, -0.2) is 31.5 Å². The first-order chi connectivity index (χ1) is 4.74. The van der Waals surface area contributed by atoms with Crippen molar-refractivity contribution in [2.75, 3.05) is 20.7 Å². The van der Waals surface area contributed by atoms with Gasteiger partial charge in [0, 0.05) is 26.1 Å². The van der Waals surface area contributed by atoms with Crippen LogP contribution in [0.3, 0.4) is 0 Å². The predicted molar refractivity (Wildman–Crippen MR) is 37.3 cm³/mol. The zero-order valence-electron chi connectivity index (χ0n) is 6.26. The van der Waals surface area contributed by atoms with Crippen molar-refractivity contribution in [2.24, 2.45) is 0 Å². The Morgan fingerprint density at radius 1 is 1.70 bits per heavy atom. The van der Waals surface area contributed by atoms with E-state index in [4.69, 9.17) is 4.74 Å². The smallest absolute Gasteiger partial charge is 0.249 e. The summed E-state index contributed by atoms with van der Waals surface area (Å²) in [5.74, 6) is 0.811. The quantitative estimate of drug-likeness (QED) is 0.528. The van der Waals surface area contributed by atoms with Gasteiger partial charge < -0.3 is 9.64 Å². The Morgan fingerprint density at radius 3 is 2.90 bits per heavy atom. The fourth-order valence-corrected chi connectivity index (χ4v) is 0.869. The van der Waals surface area contributed by atoms with Crippen LogP contribution in [0.15, 0.2) is 11.8 Å². The lowest BCUT2D eigenvalue weighted by Crippen LogP contribution is -2.30. The molecule has 0 unspecified atom stereocenters. The van der Waals surface area contributed by atoms with Crippen molar-refractivity contribution in [3.8, 4) is 0 Å². The molecule has 0 aliphatic carbocycles. The third kappa shape index (κ3) is 1.29. The molecule has 1 heterocycles. The summed E-state index contributed by atoms with van der Waals surface area (Å²) in [6.45, 7) is 0.762. The molecule has 0 spiro atoms. The third-order valence-electron chi connectivity index (χ3n) is 1.62. The van der Waals surface area contributed by atoms with E-state index < -0.39 is 0 Å². The fraction of sp³-hybridized carbons (Fsp3) is 0.571. The minimum absolute atomic E-state index is 0.0306. The Labute approximate surface area is 60.3 Å².